The van der Waals surface area contributed by atoms with E-state index in [2.05, 4.69) is 15.0 Å². The van der Waals surface area contributed by atoms with Crippen molar-refractivity contribution < 1.29 is 9.90 Å². The molecule has 1 saturated heterocycles. The number of amides is 1. The summed E-state index contributed by atoms with van der Waals surface area (Å²) in [6, 6.07) is 11.8. The molecule has 7 heteroatoms. The summed E-state index contributed by atoms with van der Waals surface area (Å²) >= 11 is 0. The predicted molar refractivity (Wildman–Crippen MR) is 95.7 cm³/mol. The molecule has 3 heterocycles. The van der Waals surface area contributed by atoms with Gasteiger partial charge in [-0.1, -0.05) is 24.3 Å². The Balaban J connectivity index is 1.49. The normalized spacial score (nSPS) is 19.8. The second kappa shape index (κ2) is 6.68. The second-order valence-electron chi connectivity index (χ2n) is 6.55. The van der Waals surface area contributed by atoms with Gasteiger partial charge in [0.25, 0.3) is 11.5 Å². The number of carbonyl (C=O) groups excluding carboxylic acids is 1. The number of nitrogens with one attached hydrogen (secondary N) is 1. The number of β-amino-alcohol motifs (C(OH)–C–C–N with tert-alkyl or cyclic N) is 1. The Labute approximate surface area is 149 Å². The van der Waals surface area contributed by atoms with E-state index in [9.17, 15) is 14.7 Å². The Hall–Kier alpha value is -3.06. The first-order valence-electron chi connectivity index (χ1n) is 8.46. The Morgan fingerprint density at radius 2 is 2.04 bits per heavy atom. The maximum Gasteiger partial charge on any atom is 0.272 e. The van der Waals surface area contributed by atoms with E-state index >= 15 is 0 Å². The number of aromatic amines is 1. The van der Waals surface area contributed by atoms with Crippen LogP contribution in [0.3, 0.4) is 0 Å². The first-order valence-corrected chi connectivity index (χ1v) is 8.46. The van der Waals surface area contributed by atoms with Gasteiger partial charge in [0.1, 0.15) is 5.69 Å². The molecule has 7 nitrogen and oxygen atoms in total. The van der Waals surface area contributed by atoms with Crippen LogP contribution in [0.15, 0.2) is 53.6 Å². The van der Waals surface area contributed by atoms with E-state index in [1.54, 1.807) is 4.90 Å². The number of likely N-dealkylation sites (tertiary alicyclic amines) is 1. The highest BCUT2D eigenvalue weighted by molar-refractivity contribution is 5.92. The fraction of sp³-hybridized carbons (Fsp3) is 0.263. The first kappa shape index (κ1) is 16.4. The van der Waals surface area contributed by atoms with E-state index in [4.69, 9.17) is 0 Å². The topological polar surface area (TPSA) is 99.2 Å². The van der Waals surface area contributed by atoms with Gasteiger partial charge in [0.2, 0.25) is 0 Å². The van der Waals surface area contributed by atoms with Crippen LogP contribution in [0.2, 0.25) is 0 Å². The first-order chi connectivity index (χ1) is 12.6. The summed E-state index contributed by atoms with van der Waals surface area (Å²) in [5.74, 6) is -0.431. The van der Waals surface area contributed by atoms with E-state index in [-0.39, 0.29) is 24.1 Å². The predicted octanol–water partition coefficient (Wildman–Crippen LogP) is 0.994. The molecule has 1 aliphatic rings. The van der Waals surface area contributed by atoms with Gasteiger partial charge in [-0.25, -0.2) is 0 Å². The highest BCUT2D eigenvalue weighted by atomic mass is 16.3. The summed E-state index contributed by atoms with van der Waals surface area (Å²) in [5.41, 5.74) is 1.51. The number of H-pyrrole nitrogens is 1. The molecular formula is C19H18N4O3. The molecule has 0 radical (unpaired) electrons. The van der Waals surface area contributed by atoms with Gasteiger partial charge < -0.3 is 15.0 Å². The van der Waals surface area contributed by atoms with E-state index < -0.39 is 11.7 Å². The van der Waals surface area contributed by atoms with Gasteiger partial charge in [0.05, 0.1) is 24.0 Å². The smallest absolute Gasteiger partial charge is 0.272 e. The highest BCUT2D eigenvalue weighted by Gasteiger charge is 2.35. The van der Waals surface area contributed by atoms with E-state index in [1.807, 2.05) is 36.4 Å². The van der Waals surface area contributed by atoms with Gasteiger partial charge in [0.15, 0.2) is 0 Å². The van der Waals surface area contributed by atoms with Crippen LogP contribution >= 0.6 is 0 Å². The number of para-hydroxylation sites is 1. The molecule has 4 rings (SSSR count). The Kier molecular flexibility index (Phi) is 4.22. The second-order valence-corrected chi connectivity index (χ2v) is 6.55. The fourth-order valence-electron chi connectivity index (χ4n) is 3.37. The summed E-state index contributed by atoms with van der Waals surface area (Å²) in [7, 11) is 0. The van der Waals surface area contributed by atoms with Gasteiger partial charge in [-0.15, -0.1) is 0 Å². The number of hydrogen-bond donors (Lipinski definition) is 2. The van der Waals surface area contributed by atoms with E-state index in [1.165, 1.54) is 6.20 Å². The minimum atomic E-state index is -0.629. The molecule has 0 spiro atoms. The van der Waals surface area contributed by atoms with Gasteiger partial charge in [-0.3, -0.25) is 19.6 Å². The van der Waals surface area contributed by atoms with Crippen molar-refractivity contribution in [3.63, 3.8) is 0 Å². The summed E-state index contributed by atoms with van der Waals surface area (Å²) in [6.07, 6.45) is 2.40. The van der Waals surface area contributed by atoms with Crippen LogP contribution in [0.1, 0.15) is 16.2 Å². The lowest BCUT2D eigenvalue weighted by Gasteiger charge is -2.15. The lowest BCUT2D eigenvalue weighted by molar-refractivity contribution is 0.0758. The van der Waals surface area contributed by atoms with Crippen LogP contribution in [-0.2, 0) is 6.42 Å². The Morgan fingerprint density at radius 1 is 1.19 bits per heavy atom. The van der Waals surface area contributed by atoms with Gasteiger partial charge >= 0.3 is 0 Å². The number of pyridine rings is 1. The number of aliphatic hydroxyl groups is 1. The number of hydrogen-bond acceptors (Lipinski definition) is 5. The van der Waals surface area contributed by atoms with Gasteiger partial charge in [0, 0.05) is 30.1 Å². The van der Waals surface area contributed by atoms with Crippen LogP contribution in [0.4, 0.5) is 0 Å². The fourth-order valence-corrected chi connectivity index (χ4v) is 3.37. The SMILES string of the molecule is O=C(c1cncc(=O)[nH]1)N1CC(O)C(Cc2ccc3ccccc3n2)C1. The zero-order valence-corrected chi connectivity index (χ0v) is 14.0. The van der Waals surface area contributed by atoms with Crippen LogP contribution in [-0.4, -0.2) is 50.1 Å². The third kappa shape index (κ3) is 3.21. The molecule has 2 N–H and O–H groups in total. The molecule has 3 aromatic rings. The van der Waals surface area contributed by atoms with Crippen molar-refractivity contribution in [2.24, 2.45) is 5.92 Å². The number of nitrogens with zero attached hydrogens (tertiary/aromatic N) is 3. The van der Waals surface area contributed by atoms with Crippen molar-refractivity contribution in [1.29, 1.82) is 0 Å². The number of benzene rings is 1. The molecule has 2 unspecified atom stereocenters. The molecule has 2 atom stereocenters. The van der Waals surface area contributed by atoms with E-state index in [0.717, 1.165) is 22.8 Å². The lowest BCUT2D eigenvalue weighted by atomic mass is 9.99. The molecule has 1 amide bonds. The molecule has 1 aromatic carbocycles. The molecule has 0 saturated carbocycles. The molecule has 1 fully saturated rings. The van der Waals surface area contributed by atoms with Gasteiger partial charge in [-0.05, 0) is 18.6 Å². The highest BCUT2D eigenvalue weighted by Crippen LogP contribution is 2.23. The zero-order valence-electron chi connectivity index (χ0n) is 14.0. The molecule has 0 aliphatic carbocycles. The van der Waals surface area contributed by atoms with Crippen molar-refractivity contribution >= 4 is 16.8 Å². The minimum Gasteiger partial charge on any atom is -0.391 e. The molecule has 2 aromatic heterocycles. The van der Waals surface area contributed by atoms with E-state index in [0.29, 0.717) is 13.0 Å². The van der Waals surface area contributed by atoms with Crippen molar-refractivity contribution in [2.45, 2.75) is 12.5 Å². The monoisotopic (exact) mass is 350 g/mol. The number of aromatic nitrogens is 3. The third-order valence-electron chi connectivity index (χ3n) is 4.70. The molecule has 26 heavy (non-hydrogen) atoms. The van der Waals surface area contributed by atoms with Crippen molar-refractivity contribution in [1.82, 2.24) is 19.9 Å². The van der Waals surface area contributed by atoms with Crippen LogP contribution < -0.4 is 5.56 Å². The van der Waals surface area contributed by atoms with Crippen LogP contribution in [0.5, 0.6) is 0 Å². The maximum atomic E-state index is 12.5. The average Bonchev–Trinajstić information content (AvgIpc) is 3.01. The maximum absolute atomic E-state index is 12.5. The molecule has 1 aliphatic heterocycles. The summed E-state index contributed by atoms with van der Waals surface area (Å²) in [4.78, 5) is 36.3. The van der Waals surface area contributed by atoms with Crippen LogP contribution in [0, 0.1) is 5.92 Å². The van der Waals surface area contributed by atoms with Crippen molar-refractivity contribution in [3.05, 3.63) is 70.5 Å². The van der Waals surface area contributed by atoms with Crippen molar-refractivity contribution in [3.8, 4) is 0 Å². The Morgan fingerprint density at radius 3 is 2.88 bits per heavy atom. The molecular weight excluding hydrogens is 332 g/mol. The molecule has 132 valence electrons. The summed E-state index contributed by atoms with van der Waals surface area (Å²) < 4.78 is 0. The quantitative estimate of drug-likeness (QED) is 0.734. The summed E-state index contributed by atoms with van der Waals surface area (Å²) in [6.45, 7) is 0.638. The number of fused-ring (bicyclic) bond motifs is 1. The standard InChI is InChI=1S/C19H18N4O3/c24-17-11-23(19(26)16-8-20-9-18(25)22-16)10-13(17)7-14-6-5-12-3-1-2-4-15(12)21-14/h1-6,8-9,13,17,24H,7,10-11H2,(H,22,25). The summed E-state index contributed by atoms with van der Waals surface area (Å²) in [5, 5.41) is 11.4. The zero-order chi connectivity index (χ0) is 18.1. The minimum absolute atomic E-state index is 0.101. The number of carbonyl (C=O) groups is 1. The molecule has 0 bridgehead atoms. The van der Waals surface area contributed by atoms with Crippen LogP contribution in [0.25, 0.3) is 10.9 Å². The largest absolute Gasteiger partial charge is 0.391 e. The number of rotatable bonds is 3. The average molecular weight is 350 g/mol. The van der Waals surface area contributed by atoms with Gasteiger partial charge in [-0.2, -0.15) is 0 Å². The number of aliphatic hydroxyl groups excluding tert-OH is 1. The third-order valence-corrected chi connectivity index (χ3v) is 4.70. The van der Waals surface area contributed by atoms with Crippen molar-refractivity contribution in [2.75, 3.05) is 13.1 Å². The lowest BCUT2D eigenvalue weighted by Crippen LogP contribution is -2.31. The Bertz CT molecular complexity index is 1020.